The van der Waals surface area contributed by atoms with Gasteiger partial charge in [0.2, 0.25) is 0 Å². The minimum absolute atomic E-state index is 0. The van der Waals surface area contributed by atoms with Crippen LogP contribution in [-0.4, -0.2) is 13.0 Å². The van der Waals surface area contributed by atoms with Crippen LogP contribution >= 0.6 is 0 Å². The summed E-state index contributed by atoms with van der Waals surface area (Å²) in [5.41, 5.74) is 0. The van der Waals surface area contributed by atoms with Gasteiger partial charge in [0.15, 0.2) is 10.3 Å². The first-order chi connectivity index (χ1) is 2.00. The zero-order valence-corrected chi connectivity index (χ0v) is 6.70. The second kappa shape index (κ2) is 2.63. The third kappa shape index (κ3) is 225. The molecule has 0 unspecified atom stereocenters. The molecule has 0 radical (unpaired) electrons. The van der Waals surface area contributed by atoms with Gasteiger partial charge in [0.05, 0.1) is 0 Å². The Morgan fingerprint density at radius 1 is 1.50 bits per heavy atom. The van der Waals surface area contributed by atoms with Gasteiger partial charge in [-0.25, -0.2) is 13.6 Å². The molecule has 4 nitrogen and oxygen atoms in total. The van der Waals surface area contributed by atoms with Gasteiger partial charge in [-0.1, -0.05) is 0 Å². The van der Waals surface area contributed by atoms with Crippen LogP contribution in [0.3, 0.4) is 0 Å². The Morgan fingerprint density at radius 3 is 1.50 bits per heavy atom. The average molecular weight is 161 g/mol. The van der Waals surface area contributed by atoms with Crippen LogP contribution in [0.1, 0.15) is 0 Å². The maximum atomic E-state index is 8.85. The van der Waals surface area contributed by atoms with E-state index in [4.69, 9.17) is 13.0 Å². The summed E-state index contributed by atoms with van der Waals surface area (Å²) in [6.45, 7) is 0. The quantitative estimate of drug-likeness (QED) is 0.343. The fraction of sp³-hybridized carbons (Fsp3) is 0. The zero-order valence-electron chi connectivity index (χ0n) is 2.92. The van der Waals surface area contributed by atoms with E-state index >= 15 is 0 Å². The molecule has 0 aliphatic heterocycles. The molecular formula is H2NO3SZn+. The van der Waals surface area contributed by atoms with Crippen molar-refractivity contribution in [2.45, 2.75) is 0 Å². The molecule has 0 atom stereocenters. The summed E-state index contributed by atoms with van der Waals surface area (Å²) in [6.07, 6.45) is 0. The molecule has 0 spiro atoms. The minimum Gasteiger partial charge on any atom is -0.736 e. The van der Waals surface area contributed by atoms with Crippen molar-refractivity contribution in [3.8, 4) is 0 Å². The molecule has 6 heavy (non-hydrogen) atoms. The first-order valence-corrected chi connectivity index (χ1v) is 2.21. The smallest absolute Gasteiger partial charge is 0.736 e. The van der Waals surface area contributed by atoms with Crippen molar-refractivity contribution in [2.24, 2.45) is 5.14 Å². The van der Waals surface area contributed by atoms with E-state index in [9.17, 15) is 0 Å². The van der Waals surface area contributed by atoms with Crippen molar-refractivity contribution in [3.05, 3.63) is 0 Å². The third-order valence-corrected chi connectivity index (χ3v) is 0. The summed E-state index contributed by atoms with van der Waals surface area (Å²) in [7, 11) is -4.42. The minimum atomic E-state index is -4.42. The van der Waals surface area contributed by atoms with Crippen LogP contribution in [0.25, 0.3) is 0 Å². The fourth-order valence-electron chi connectivity index (χ4n) is 0. The number of rotatable bonds is 0. The molecule has 0 aliphatic rings. The van der Waals surface area contributed by atoms with Crippen LogP contribution in [0.2, 0.25) is 0 Å². The van der Waals surface area contributed by atoms with Crippen molar-refractivity contribution in [1.29, 1.82) is 0 Å². The average Bonchev–Trinajstić information content (AvgIpc) is 0.722. The first kappa shape index (κ1) is 9.71. The molecule has 0 rings (SSSR count). The van der Waals surface area contributed by atoms with Gasteiger partial charge in [0.25, 0.3) is 0 Å². The number of hydrogen-bond donors (Lipinski definition) is 1. The van der Waals surface area contributed by atoms with Gasteiger partial charge in [-0.05, 0) is 0 Å². The van der Waals surface area contributed by atoms with E-state index in [1.165, 1.54) is 0 Å². The van der Waals surface area contributed by atoms with Crippen LogP contribution in [0.5, 0.6) is 0 Å². The standard InChI is InChI=1S/H3NO3S.Zn/c1-5(2,3)4;/h(H3,1,2,3,4);/q;+2/p-1. The van der Waals surface area contributed by atoms with E-state index in [1.807, 2.05) is 0 Å². The molecule has 6 heteroatoms. The topological polar surface area (TPSA) is 83.2 Å². The summed E-state index contributed by atoms with van der Waals surface area (Å²) in [5.74, 6) is 0. The van der Waals surface area contributed by atoms with Crippen LogP contribution in [0.4, 0.5) is 0 Å². The Hall–Kier alpha value is 0.493. The summed E-state index contributed by atoms with van der Waals surface area (Å²) < 4.78 is 26.6. The van der Waals surface area contributed by atoms with E-state index in [-0.39, 0.29) is 19.5 Å². The van der Waals surface area contributed by atoms with E-state index < -0.39 is 10.3 Å². The molecule has 0 amide bonds. The molecule has 0 bridgehead atoms. The molecule has 0 aromatic heterocycles. The Balaban J connectivity index is 0. The Labute approximate surface area is 48.4 Å². The van der Waals surface area contributed by atoms with E-state index in [0.29, 0.717) is 0 Å². The molecular weight excluding hydrogens is 159 g/mol. The Bertz CT molecular complexity index is 94.0. The Kier molecular flexibility index (Phi) is 4.25. The molecule has 0 fully saturated rings. The predicted molar refractivity (Wildman–Crippen MR) is 13.9 cm³/mol. The van der Waals surface area contributed by atoms with E-state index in [1.54, 1.807) is 0 Å². The van der Waals surface area contributed by atoms with Crippen molar-refractivity contribution in [1.82, 2.24) is 0 Å². The summed E-state index contributed by atoms with van der Waals surface area (Å²) in [4.78, 5) is 0. The second-order valence-corrected chi connectivity index (χ2v) is 1.48. The van der Waals surface area contributed by atoms with Crippen molar-refractivity contribution >= 4 is 10.3 Å². The largest absolute Gasteiger partial charge is 2.00 e. The molecule has 0 aromatic rings. The predicted octanol–water partition coefficient (Wildman–Crippen LogP) is -1.60. The van der Waals surface area contributed by atoms with Gasteiger partial charge < -0.3 is 4.55 Å². The maximum Gasteiger partial charge on any atom is 2.00 e. The molecule has 32 valence electrons. The van der Waals surface area contributed by atoms with Crippen molar-refractivity contribution in [2.75, 3.05) is 0 Å². The van der Waals surface area contributed by atoms with Gasteiger partial charge in [-0.15, -0.1) is 0 Å². The van der Waals surface area contributed by atoms with E-state index in [0.717, 1.165) is 0 Å². The van der Waals surface area contributed by atoms with Crippen LogP contribution in [0.15, 0.2) is 0 Å². The monoisotopic (exact) mass is 160 g/mol. The molecule has 0 aliphatic carbocycles. The van der Waals surface area contributed by atoms with Gasteiger partial charge in [-0.3, -0.25) is 0 Å². The zero-order chi connectivity index (χ0) is 4.50. The van der Waals surface area contributed by atoms with Gasteiger partial charge in [-0.2, -0.15) is 0 Å². The SMILES string of the molecule is NS(=O)(=O)[O-].[Zn+2]. The van der Waals surface area contributed by atoms with Crippen LogP contribution in [-0.2, 0) is 29.8 Å². The Morgan fingerprint density at radius 2 is 1.50 bits per heavy atom. The van der Waals surface area contributed by atoms with Crippen LogP contribution < -0.4 is 5.14 Å². The van der Waals surface area contributed by atoms with Gasteiger partial charge in [0, 0.05) is 0 Å². The number of hydrogen-bond acceptors (Lipinski definition) is 3. The first-order valence-electron chi connectivity index (χ1n) is 0.736. The summed E-state index contributed by atoms with van der Waals surface area (Å²) in [5, 5.41) is 3.77. The number of nitrogens with two attached hydrogens (primary N) is 1. The summed E-state index contributed by atoms with van der Waals surface area (Å²) in [6, 6.07) is 0. The maximum absolute atomic E-state index is 8.85. The summed E-state index contributed by atoms with van der Waals surface area (Å²) >= 11 is 0. The van der Waals surface area contributed by atoms with E-state index in [2.05, 4.69) is 5.14 Å². The molecule has 0 aromatic carbocycles. The molecule has 0 saturated carbocycles. The fourth-order valence-corrected chi connectivity index (χ4v) is 0. The van der Waals surface area contributed by atoms with Gasteiger partial charge >= 0.3 is 19.5 Å². The molecule has 0 saturated heterocycles. The normalized spacial score (nSPS) is 9.67. The van der Waals surface area contributed by atoms with Gasteiger partial charge in [0.1, 0.15) is 0 Å². The third-order valence-electron chi connectivity index (χ3n) is 0. The molecule has 0 heterocycles. The van der Waals surface area contributed by atoms with Crippen molar-refractivity contribution < 1.29 is 32.4 Å². The second-order valence-electron chi connectivity index (χ2n) is 0.493. The van der Waals surface area contributed by atoms with Crippen LogP contribution in [0, 0.1) is 0 Å². The van der Waals surface area contributed by atoms with Crippen molar-refractivity contribution in [3.63, 3.8) is 0 Å². The molecule has 2 N–H and O–H groups in total.